The number of aromatic nitrogens is 3. The second-order valence-electron chi connectivity index (χ2n) is 6.16. The number of hydrogen-bond acceptors (Lipinski definition) is 6. The van der Waals surface area contributed by atoms with E-state index in [9.17, 15) is 4.79 Å². The predicted octanol–water partition coefficient (Wildman–Crippen LogP) is 3.08. The van der Waals surface area contributed by atoms with E-state index in [1.807, 2.05) is 42.2 Å². The topological polar surface area (TPSA) is 68.2 Å². The van der Waals surface area contributed by atoms with E-state index in [1.54, 1.807) is 16.8 Å². The van der Waals surface area contributed by atoms with Crippen molar-refractivity contribution in [3.8, 4) is 5.88 Å². The molecule has 1 saturated heterocycles. The van der Waals surface area contributed by atoms with Crippen molar-refractivity contribution in [2.24, 2.45) is 0 Å². The van der Waals surface area contributed by atoms with Crippen molar-refractivity contribution in [3.63, 3.8) is 0 Å². The molecule has 128 valence electrons. The fourth-order valence-corrected chi connectivity index (χ4v) is 3.68. The molecule has 0 N–H and O–H groups in total. The minimum absolute atomic E-state index is 0.0730. The van der Waals surface area contributed by atoms with Gasteiger partial charge in [0.05, 0.1) is 21.4 Å². The van der Waals surface area contributed by atoms with Gasteiger partial charge < -0.3 is 9.64 Å². The number of piperidine rings is 1. The lowest BCUT2D eigenvalue weighted by Crippen LogP contribution is -2.41. The van der Waals surface area contributed by atoms with Crippen LogP contribution in [0.3, 0.4) is 0 Å². The molecule has 0 saturated carbocycles. The molecule has 2 aromatic heterocycles. The lowest BCUT2D eigenvalue weighted by atomic mass is 10.1. The first-order valence-corrected chi connectivity index (χ1v) is 9.16. The van der Waals surface area contributed by atoms with E-state index in [2.05, 4.69) is 15.2 Å². The molecule has 0 unspecified atom stereocenters. The third-order valence-corrected chi connectivity index (χ3v) is 5.16. The first-order chi connectivity index (χ1) is 12.2. The van der Waals surface area contributed by atoms with Crippen LogP contribution in [0, 0.1) is 6.92 Å². The van der Waals surface area contributed by atoms with Crippen molar-refractivity contribution < 1.29 is 9.53 Å². The van der Waals surface area contributed by atoms with Gasteiger partial charge in [-0.1, -0.05) is 0 Å². The van der Waals surface area contributed by atoms with E-state index < -0.39 is 0 Å². The van der Waals surface area contributed by atoms with Crippen LogP contribution in [0.1, 0.15) is 28.9 Å². The minimum atomic E-state index is 0.0730. The summed E-state index contributed by atoms with van der Waals surface area (Å²) in [5.41, 5.74) is 4.33. The summed E-state index contributed by atoms with van der Waals surface area (Å²) in [6.07, 6.45) is 1.67. The Balaban J connectivity index is 1.37. The van der Waals surface area contributed by atoms with Crippen molar-refractivity contribution in [2.75, 3.05) is 13.1 Å². The molecule has 0 spiro atoms. The molecule has 0 aliphatic carbocycles. The molecule has 1 aliphatic rings. The van der Waals surface area contributed by atoms with Crippen LogP contribution >= 0.6 is 11.3 Å². The molecule has 0 radical (unpaired) electrons. The number of rotatable bonds is 3. The minimum Gasteiger partial charge on any atom is -0.473 e. The third kappa shape index (κ3) is 3.46. The Morgan fingerprint density at radius 1 is 1.20 bits per heavy atom. The molecule has 25 heavy (non-hydrogen) atoms. The second kappa shape index (κ2) is 6.76. The van der Waals surface area contributed by atoms with Crippen LogP contribution in [-0.4, -0.2) is 45.2 Å². The molecule has 3 heterocycles. The highest BCUT2D eigenvalue weighted by atomic mass is 32.1. The molecular weight excluding hydrogens is 336 g/mol. The van der Waals surface area contributed by atoms with Crippen LogP contribution in [0.5, 0.6) is 5.88 Å². The Morgan fingerprint density at radius 2 is 2.04 bits per heavy atom. The Hall–Kier alpha value is -2.54. The summed E-state index contributed by atoms with van der Waals surface area (Å²) < 4.78 is 6.92. The van der Waals surface area contributed by atoms with Crippen molar-refractivity contribution in [1.29, 1.82) is 0 Å². The molecule has 6 nitrogen and oxygen atoms in total. The van der Waals surface area contributed by atoms with E-state index in [-0.39, 0.29) is 12.0 Å². The number of thiazole rings is 1. The van der Waals surface area contributed by atoms with Crippen LogP contribution in [0.4, 0.5) is 0 Å². The number of hydrogen-bond donors (Lipinski definition) is 0. The monoisotopic (exact) mass is 354 g/mol. The number of ether oxygens (including phenoxy) is 1. The Bertz CT molecular complexity index is 885. The van der Waals surface area contributed by atoms with Gasteiger partial charge in [0, 0.05) is 37.6 Å². The zero-order valence-corrected chi connectivity index (χ0v) is 14.7. The van der Waals surface area contributed by atoms with E-state index >= 15 is 0 Å². The zero-order valence-electron chi connectivity index (χ0n) is 13.9. The largest absolute Gasteiger partial charge is 0.473 e. The average molecular weight is 354 g/mol. The van der Waals surface area contributed by atoms with E-state index in [0.29, 0.717) is 19.0 Å². The van der Waals surface area contributed by atoms with Crippen molar-refractivity contribution in [1.82, 2.24) is 20.1 Å². The number of carbonyl (C=O) groups excluding carboxylic acids is 1. The van der Waals surface area contributed by atoms with Crippen LogP contribution in [0.2, 0.25) is 0 Å². The molecule has 1 aromatic carbocycles. The molecule has 1 fully saturated rings. The highest BCUT2D eigenvalue weighted by Gasteiger charge is 2.25. The van der Waals surface area contributed by atoms with E-state index in [0.717, 1.165) is 34.3 Å². The number of likely N-dealkylation sites (tertiary alicyclic amines) is 1. The highest BCUT2D eigenvalue weighted by Crippen LogP contribution is 2.22. The smallest absolute Gasteiger partial charge is 0.253 e. The summed E-state index contributed by atoms with van der Waals surface area (Å²) in [5, 5.41) is 8.04. The van der Waals surface area contributed by atoms with Gasteiger partial charge >= 0.3 is 0 Å². The zero-order chi connectivity index (χ0) is 17.2. The maximum absolute atomic E-state index is 12.7. The lowest BCUT2D eigenvalue weighted by molar-refractivity contribution is 0.0586. The van der Waals surface area contributed by atoms with Gasteiger partial charge in [0.15, 0.2) is 0 Å². The lowest BCUT2D eigenvalue weighted by Gasteiger charge is -2.31. The molecule has 0 bridgehead atoms. The number of benzene rings is 1. The van der Waals surface area contributed by atoms with Crippen molar-refractivity contribution in [3.05, 3.63) is 47.1 Å². The first-order valence-electron chi connectivity index (χ1n) is 8.28. The Labute approximate surface area is 149 Å². The van der Waals surface area contributed by atoms with Gasteiger partial charge in [-0.2, -0.15) is 5.10 Å². The van der Waals surface area contributed by atoms with Crippen molar-refractivity contribution in [2.45, 2.75) is 25.9 Å². The summed E-state index contributed by atoms with van der Waals surface area (Å²) in [7, 11) is 0. The van der Waals surface area contributed by atoms with E-state index in [1.165, 1.54) is 0 Å². The molecular formula is C18H18N4O2S. The number of amides is 1. The van der Waals surface area contributed by atoms with Gasteiger partial charge in [-0.3, -0.25) is 4.79 Å². The Morgan fingerprint density at radius 3 is 2.80 bits per heavy atom. The molecule has 1 amide bonds. The maximum Gasteiger partial charge on any atom is 0.253 e. The fraction of sp³-hybridized carbons (Fsp3) is 0.333. The summed E-state index contributed by atoms with van der Waals surface area (Å²) in [6, 6.07) is 9.42. The van der Waals surface area contributed by atoms with Crippen LogP contribution in [-0.2, 0) is 0 Å². The molecule has 3 aromatic rings. The third-order valence-electron chi connectivity index (χ3n) is 4.37. The number of aryl methyl sites for hydroxylation is 1. The molecule has 7 heteroatoms. The predicted molar refractivity (Wildman–Crippen MR) is 95.9 cm³/mol. The van der Waals surface area contributed by atoms with Crippen molar-refractivity contribution >= 4 is 27.5 Å². The molecule has 4 rings (SSSR count). The van der Waals surface area contributed by atoms with Gasteiger partial charge in [-0.25, -0.2) is 4.98 Å². The normalized spacial score (nSPS) is 15.5. The summed E-state index contributed by atoms with van der Waals surface area (Å²) in [5.74, 6) is 0.620. The molecule has 1 aliphatic heterocycles. The Kier molecular flexibility index (Phi) is 4.31. The van der Waals surface area contributed by atoms with Gasteiger partial charge in [-0.15, -0.1) is 16.4 Å². The summed E-state index contributed by atoms with van der Waals surface area (Å²) in [6.45, 7) is 3.26. The maximum atomic E-state index is 12.7. The standard InChI is InChI=1S/C18H18N4O2S/c1-12-2-5-17(21-20-12)24-14-6-8-22(9-7-14)18(23)13-3-4-15-16(10-13)25-11-19-15/h2-5,10-11,14H,6-9H2,1H3. The van der Waals surface area contributed by atoms with Gasteiger partial charge in [-0.05, 0) is 31.2 Å². The SMILES string of the molecule is Cc1ccc(OC2CCN(C(=O)c3ccc4ncsc4c3)CC2)nn1. The van der Waals surface area contributed by atoms with Gasteiger partial charge in [0.25, 0.3) is 5.91 Å². The summed E-state index contributed by atoms with van der Waals surface area (Å²) in [4.78, 5) is 18.9. The van der Waals surface area contributed by atoms with Gasteiger partial charge in [0.1, 0.15) is 6.10 Å². The van der Waals surface area contributed by atoms with Crippen LogP contribution in [0.25, 0.3) is 10.2 Å². The van der Waals surface area contributed by atoms with Gasteiger partial charge in [0.2, 0.25) is 5.88 Å². The number of nitrogens with zero attached hydrogens (tertiary/aromatic N) is 4. The average Bonchev–Trinajstić information content (AvgIpc) is 3.11. The van der Waals surface area contributed by atoms with Crippen LogP contribution in [0.15, 0.2) is 35.8 Å². The quantitative estimate of drug-likeness (QED) is 0.723. The fourth-order valence-electron chi connectivity index (χ4n) is 2.97. The van der Waals surface area contributed by atoms with Crippen LogP contribution < -0.4 is 4.74 Å². The highest BCUT2D eigenvalue weighted by molar-refractivity contribution is 7.16. The molecule has 0 atom stereocenters. The summed E-state index contributed by atoms with van der Waals surface area (Å²) >= 11 is 1.55. The first kappa shape index (κ1) is 16.0. The number of carbonyl (C=O) groups is 1. The number of fused-ring (bicyclic) bond motifs is 1. The second-order valence-corrected chi connectivity index (χ2v) is 7.04. The van der Waals surface area contributed by atoms with E-state index in [4.69, 9.17) is 4.74 Å².